The van der Waals surface area contributed by atoms with E-state index in [2.05, 4.69) is 6.07 Å². The van der Waals surface area contributed by atoms with Gasteiger partial charge in [-0.05, 0) is 35.7 Å². The molecule has 35 heavy (non-hydrogen) atoms. The van der Waals surface area contributed by atoms with Crippen molar-refractivity contribution in [2.24, 2.45) is 5.10 Å². The summed E-state index contributed by atoms with van der Waals surface area (Å²) in [5.41, 5.74) is 4.42. The van der Waals surface area contributed by atoms with E-state index in [1.54, 1.807) is 30.6 Å². The van der Waals surface area contributed by atoms with Gasteiger partial charge >= 0.3 is 0 Å². The van der Waals surface area contributed by atoms with Gasteiger partial charge in [-0.15, -0.1) is 11.3 Å². The first kappa shape index (κ1) is 22.9. The van der Waals surface area contributed by atoms with E-state index in [0.29, 0.717) is 24.3 Å². The predicted octanol–water partition coefficient (Wildman–Crippen LogP) is 5.71. The maximum Gasteiger partial charge on any atom is 0.242 e. The van der Waals surface area contributed by atoms with E-state index in [-0.39, 0.29) is 11.9 Å². The molecule has 1 amide bonds. The van der Waals surface area contributed by atoms with E-state index < -0.39 is 0 Å². The first-order valence-electron chi connectivity index (χ1n) is 11.4. The Balaban J connectivity index is 1.60. The third-order valence-electron chi connectivity index (χ3n) is 6.06. The number of methoxy groups -OCH3 is 2. The highest BCUT2D eigenvalue weighted by molar-refractivity contribution is 7.13. The van der Waals surface area contributed by atoms with Gasteiger partial charge < -0.3 is 9.47 Å². The molecule has 2 aromatic carbocycles. The quantitative estimate of drug-likeness (QED) is 0.336. The lowest BCUT2D eigenvalue weighted by Crippen LogP contribution is -2.26. The van der Waals surface area contributed by atoms with Crippen LogP contribution in [0.1, 0.15) is 36.9 Å². The average Bonchev–Trinajstić information content (AvgIpc) is 3.67. The fourth-order valence-electron chi connectivity index (χ4n) is 4.29. The number of thiophene rings is 1. The van der Waals surface area contributed by atoms with E-state index in [9.17, 15) is 4.79 Å². The Morgan fingerprint density at radius 3 is 2.60 bits per heavy atom. The van der Waals surface area contributed by atoms with Crippen molar-refractivity contribution in [2.75, 3.05) is 14.2 Å². The number of benzene rings is 2. The summed E-state index contributed by atoms with van der Waals surface area (Å²) in [6.45, 7) is 1.86. The van der Waals surface area contributed by atoms with Gasteiger partial charge in [0.15, 0.2) is 0 Å². The first-order chi connectivity index (χ1) is 17.1. The summed E-state index contributed by atoms with van der Waals surface area (Å²) in [4.78, 5) is 14.1. The number of carbonyl (C=O) groups is 1. The molecule has 1 aliphatic rings. The fraction of sp³-hybridized carbons (Fsp3) is 0.222. The van der Waals surface area contributed by atoms with Crippen LogP contribution >= 0.6 is 11.3 Å². The Labute approximate surface area is 208 Å². The lowest BCUT2D eigenvalue weighted by molar-refractivity contribution is -0.132. The molecule has 178 valence electrons. The van der Waals surface area contributed by atoms with Crippen LogP contribution in [-0.4, -0.2) is 40.6 Å². The van der Waals surface area contributed by atoms with Gasteiger partial charge in [-0.2, -0.15) is 10.2 Å². The molecule has 0 N–H and O–H groups in total. The molecule has 0 unspecified atom stereocenters. The average molecular weight is 487 g/mol. The first-order valence-corrected chi connectivity index (χ1v) is 12.3. The highest BCUT2D eigenvalue weighted by Gasteiger charge is 2.36. The van der Waals surface area contributed by atoms with E-state index >= 15 is 0 Å². The van der Waals surface area contributed by atoms with Crippen LogP contribution in [0.2, 0.25) is 0 Å². The summed E-state index contributed by atoms with van der Waals surface area (Å²) in [7, 11) is 3.24. The number of hydrazone groups is 1. The van der Waals surface area contributed by atoms with E-state index in [0.717, 1.165) is 33.1 Å². The second kappa shape index (κ2) is 9.76. The van der Waals surface area contributed by atoms with Crippen LogP contribution in [0.15, 0.2) is 77.3 Å². The molecule has 0 fully saturated rings. The summed E-state index contributed by atoms with van der Waals surface area (Å²) in [6, 6.07) is 19.4. The van der Waals surface area contributed by atoms with Gasteiger partial charge in [0.2, 0.25) is 5.91 Å². The molecule has 5 rings (SSSR count). The normalized spacial score (nSPS) is 15.2. The Kier molecular flexibility index (Phi) is 6.37. The third kappa shape index (κ3) is 4.33. The standard InChI is InChI=1S/C27H26N4O3S/c1-4-26(32)31-23(16-22(28-31)20-13-12-19(33-2)15-24(20)34-3)21-17-30(18-9-6-5-7-10-18)29-27(21)25-11-8-14-35-25/h5-15,17,23H,4,16H2,1-3H3/t23-/m0/s1. The minimum Gasteiger partial charge on any atom is -0.497 e. The lowest BCUT2D eigenvalue weighted by Gasteiger charge is -2.21. The van der Waals surface area contributed by atoms with Crippen molar-refractivity contribution in [1.82, 2.24) is 14.8 Å². The number of amides is 1. The molecule has 3 heterocycles. The van der Waals surface area contributed by atoms with Gasteiger partial charge in [0.25, 0.3) is 0 Å². The zero-order valence-electron chi connectivity index (χ0n) is 19.8. The maximum absolute atomic E-state index is 13.0. The Bertz CT molecular complexity index is 1360. The zero-order chi connectivity index (χ0) is 24.4. The summed E-state index contributed by atoms with van der Waals surface area (Å²) in [6.07, 6.45) is 2.93. The molecule has 0 aliphatic carbocycles. The van der Waals surface area contributed by atoms with Crippen molar-refractivity contribution in [3.8, 4) is 27.8 Å². The highest BCUT2D eigenvalue weighted by Crippen LogP contribution is 2.41. The van der Waals surface area contributed by atoms with Gasteiger partial charge in [0.1, 0.15) is 17.2 Å². The second-order valence-corrected chi connectivity index (χ2v) is 9.06. The van der Waals surface area contributed by atoms with Crippen LogP contribution in [-0.2, 0) is 4.79 Å². The lowest BCUT2D eigenvalue weighted by atomic mass is 9.97. The smallest absolute Gasteiger partial charge is 0.242 e. The van der Waals surface area contributed by atoms with Gasteiger partial charge in [-0.3, -0.25) is 4.79 Å². The Morgan fingerprint density at radius 2 is 1.91 bits per heavy atom. The molecule has 1 atom stereocenters. The molecule has 0 bridgehead atoms. The third-order valence-corrected chi connectivity index (χ3v) is 6.94. The number of carbonyl (C=O) groups excluding carboxylic acids is 1. The number of para-hydroxylation sites is 1. The van der Waals surface area contributed by atoms with Gasteiger partial charge in [0, 0.05) is 36.2 Å². The van der Waals surface area contributed by atoms with Crippen molar-refractivity contribution in [3.05, 3.63) is 83.4 Å². The van der Waals surface area contributed by atoms with Gasteiger partial charge in [-0.1, -0.05) is 31.2 Å². The van der Waals surface area contributed by atoms with Crippen LogP contribution in [0, 0.1) is 0 Å². The molecular formula is C27H26N4O3S. The predicted molar refractivity (Wildman–Crippen MR) is 137 cm³/mol. The molecule has 0 spiro atoms. The van der Waals surface area contributed by atoms with Crippen molar-refractivity contribution < 1.29 is 14.3 Å². The molecule has 4 aromatic rings. The molecule has 1 aliphatic heterocycles. The van der Waals surface area contributed by atoms with Crippen LogP contribution in [0.5, 0.6) is 11.5 Å². The monoisotopic (exact) mass is 486 g/mol. The van der Waals surface area contributed by atoms with Crippen LogP contribution in [0.4, 0.5) is 0 Å². The maximum atomic E-state index is 13.0. The van der Waals surface area contributed by atoms with Crippen molar-refractivity contribution in [2.45, 2.75) is 25.8 Å². The number of ether oxygens (including phenoxy) is 2. The van der Waals surface area contributed by atoms with Crippen molar-refractivity contribution in [3.63, 3.8) is 0 Å². The number of hydrogen-bond donors (Lipinski definition) is 0. The molecule has 2 aromatic heterocycles. The minimum absolute atomic E-state index is 0.0398. The van der Waals surface area contributed by atoms with E-state index in [4.69, 9.17) is 19.7 Å². The van der Waals surface area contributed by atoms with Crippen LogP contribution in [0.25, 0.3) is 16.3 Å². The molecule has 0 saturated heterocycles. The van der Waals surface area contributed by atoms with Crippen molar-refractivity contribution in [1.29, 1.82) is 0 Å². The Hall–Kier alpha value is -3.91. The summed E-state index contributed by atoms with van der Waals surface area (Å²) < 4.78 is 12.9. The molecule has 0 radical (unpaired) electrons. The van der Waals surface area contributed by atoms with Crippen LogP contribution < -0.4 is 9.47 Å². The summed E-state index contributed by atoms with van der Waals surface area (Å²) in [5.74, 6) is 1.32. The van der Waals surface area contributed by atoms with Crippen LogP contribution in [0.3, 0.4) is 0 Å². The van der Waals surface area contributed by atoms with Gasteiger partial charge in [0.05, 0.1) is 36.5 Å². The van der Waals surface area contributed by atoms with Gasteiger partial charge in [-0.25, -0.2) is 9.69 Å². The largest absolute Gasteiger partial charge is 0.497 e. The number of rotatable bonds is 7. The molecule has 8 heteroatoms. The number of hydrogen-bond acceptors (Lipinski definition) is 6. The Morgan fingerprint density at radius 1 is 1.09 bits per heavy atom. The topological polar surface area (TPSA) is 69.0 Å². The fourth-order valence-corrected chi connectivity index (χ4v) is 5.02. The van der Waals surface area contributed by atoms with E-state index in [1.165, 1.54) is 0 Å². The summed E-state index contributed by atoms with van der Waals surface area (Å²) in [5, 5.41) is 13.4. The number of nitrogens with zero attached hydrogens (tertiary/aromatic N) is 4. The SMILES string of the molecule is CCC(=O)N1N=C(c2ccc(OC)cc2OC)C[C@H]1c1cn(-c2ccccc2)nc1-c1cccs1. The zero-order valence-corrected chi connectivity index (χ0v) is 20.7. The van der Waals surface area contributed by atoms with E-state index in [1.807, 2.05) is 77.8 Å². The molecule has 7 nitrogen and oxygen atoms in total. The highest BCUT2D eigenvalue weighted by atomic mass is 32.1. The molecular weight excluding hydrogens is 460 g/mol. The minimum atomic E-state index is -0.279. The van der Waals surface area contributed by atoms with Crippen molar-refractivity contribution >= 4 is 23.0 Å². The molecule has 0 saturated carbocycles. The second-order valence-electron chi connectivity index (χ2n) is 8.12. The number of aromatic nitrogens is 2. The summed E-state index contributed by atoms with van der Waals surface area (Å²) >= 11 is 1.63.